The molecule has 1 saturated heterocycles. The minimum Gasteiger partial charge on any atom is -0.366 e. The van der Waals surface area contributed by atoms with E-state index in [0.29, 0.717) is 37.4 Å². The molecule has 0 radical (unpaired) electrons. The Morgan fingerprint density at radius 1 is 0.774 bits per heavy atom. The monoisotopic (exact) mass is 417 g/mol. The first kappa shape index (κ1) is 20.6. The van der Waals surface area contributed by atoms with Gasteiger partial charge in [0.1, 0.15) is 5.82 Å². The van der Waals surface area contributed by atoms with Gasteiger partial charge in [0.15, 0.2) is 0 Å². The lowest BCUT2D eigenvalue weighted by atomic mass is 10.0. The molecule has 0 spiro atoms. The topological polar surface area (TPSA) is 52.7 Å². The summed E-state index contributed by atoms with van der Waals surface area (Å²) in [5.74, 6) is -0.673. The fourth-order valence-electron chi connectivity index (χ4n) is 3.72. The van der Waals surface area contributed by atoms with E-state index in [2.05, 4.69) is 5.32 Å². The highest BCUT2D eigenvalue weighted by atomic mass is 19.1. The second-order valence-electron chi connectivity index (χ2n) is 7.45. The quantitative estimate of drug-likeness (QED) is 0.691. The van der Waals surface area contributed by atoms with Crippen molar-refractivity contribution in [3.8, 4) is 11.1 Å². The van der Waals surface area contributed by atoms with Crippen LogP contribution in [0.3, 0.4) is 0 Å². The lowest BCUT2D eigenvalue weighted by molar-refractivity contribution is -0.130. The van der Waals surface area contributed by atoms with Crippen molar-refractivity contribution in [1.29, 1.82) is 0 Å². The molecule has 4 rings (SSSR count). The summed E-state index contributed by atoms with van der Waals surface area (Å²) in [6, 6.07) is 23.9. The van der Waals surface area contributed by atoms with Gasteiger partial charge in [0.25, 0.3) is 5.91 Å². The van der Waals surface area contributed by atoms with E-state index in [9.17, 15) is 14.0 Å². The van der Waals surface area contributed by atoms with Crippen LogP contribution in [0.2, 0.25) is 0 Å². The smallest absolute Gasteiger partial charge is 0.251 e. The third kappa shape index (κ3) is 4.91. The van der Waals surface area contributed by atoms with E-state index in [1.165, 1.54) is 6.07 Å². The number of piperazine rings is 1. The predicted octanol–water partition coefficient (Wildman–Crippen LogP) is 3.57. The minimum absolute atomic E-state index is 0.0566. The normalized spacial score (nSPS) is 13.7. The number of nitrogens with one attached hydrogen (secondary N) is 1. The van der Waals surface area contributed by atoms with Crippen molar-refractivity contribution < 1.29 is 14.0 Å². The molecule has 3 aromatic carbocycles. The average Bonchev–Trinajstić information content (AvgIpc) is 2.83. The summed E-state index contributed by atoms with van der Waals surface area (Å²) in [5, 5.41) is 2.70. The lowest BCUT2D eigenvalue weighted by Gasteiger charge is -2.36. The van der Waals surface area contributed by atoms with Crippen molar-refractivity contribution >= 4 is 17.5 Å². The van der Waals surface area contributed by atoms with Crippen LogP contribution in [0, 0.1) is 5.82 Å². The van der Waals surface area contributed by atoms with Crippen LogP contribution >= 0.6 is 0 Å². The number of benzene rings is 3. The Kier molecular flexibility index (Phi) is 6.26. The molecule has 31 heavy (non-hydrogen) atoms. The van der Waals surface area contributed by atoms with Crippen molar-refractivity contribution in [2.24, 2.45) is 0 Å². The number of halogens is 1. The van der Waals surface area contributed by atoms with E-state index >= 15 is 0 Å². The molecular weight excluding hydrogens is 393 g/mol. The molecule has 3 aromatic rings. The Morgan fingerprint density at radius 2 is 1.39 bits per heavy atom. The summed E-state index contributed by atoms with van der Waals surface area (Å²) in [7, 11) is 0. The molecule has 2 amide bonds. The van der Waals surface area contributed by atoms with Gasteiger partial charge in [-0.15, -0.1) is 0 Å². The number of rotatable bonds is 5. The van der Waals surface area contributed by atoms with E-state index in [0.717, 1.165) is 11.1 Å². The van der Waals surface area contributed by atoms with Gasteiger partial charge in [0, 0.05) is 31.7 Å². The van der Waals surface area contributed by atoms with Crippen LogP contribution in [0.15, 0.2) is 78.9 Å². The molecule has 1 fully saturated rings. The van der Waals surface area contributed by atoms with E-state index in [4.69, 9.17) is 0 Å². The summed E-state index contributed by atoms with van der Waals surface area (Å²) in [5.41, 5.74) is 3.18. The summed E-state index contributed by atoms with van der Waals surface area (Å²) in [6.07, 6.45) is 0. The third-order valence-electron chi connectivity index (χ3n) is 5.48. The molecule has 0 aliphatic carbocycles. The molecule has 158 valence electrons. The lowest BCUT2D eigenvalue weighted by Crippen LogP contribution is -2.51. The Hall–Kier alpha value is -3.67. The van der Waals surface area contributed by atoms with Gasteiger partial charge in [-0.25, -0.2) is 4.39 Å². The molecule has 0 unspecified atom stereocenters. The van der Waals surface area contributed by atoms with Crippen molar-refractivity contribution in [1.82, 2.24) is 10.2 Å². The zero-order valence-electron chi connectivity index (χ0n) is 17.1. The van der Waals surface area contributed by atoms with Crippen LogP contribution in [0.4, 0.5) is 10.1 Å². The van der Waals surface area contributed by atoms with Gasteiger partial charge in [-0.05, 0) is 35.4 Å². The highest BCUT2D eigenvalue weighted by molar-refractivity contribution is 5.96. The number of hydrogen-bond acceptors (Lipinski definition) is 3. The Morgan fingerprint density at radius 3 is 2.06 bits per heavy atom. The number of nitrogens with zero attached hydrogens (tertiary/aromatic N) is 2. The Balaban J connectivity index is 1.27. The highest BCUT2D eigenvalue weighted by Crippen LogP contribution is 2.21. The molecule has 0 saturated carbocycles. The van der Waals surface area contributed by atoms with Gasteiger partial charge in [0.2, 0.25) is 5.91 Å². The number of carbonyl (C=O) groups is 2. The summed E-state index contributed by atoms with van der Waals surface area (Å²) >= 11 is 0. The van der Waals surface area contributed by atoms with Crippen LogP contribution in [0.1, 0.15) is 10.4 Å². The molecule has 1 aliphatic rings. The van der Waals surface area contributed by atoms with Crippen molar-refractivity contribution in [2.75, 3.05) is 37.6 Å². The van der Waals surface area contributed by atoms with Crippen LogP contribution in [-0.4, -0.2) is 49.4 Å². The van der Waals surface area contributed by atoms with Crippen LogP contribution in [-0.2, 0) is 4.79 Å². The standard InChI is InChI=1S/C25H24FN3O2/c26-22-8-4-5-9-23(22)28-14-16-29(17-15-28)24(30)18-27-25(31)21-12-10-20(11-13-21)19-6-2-1-3-7-19/h1-13H,14-18H2,(H,27,31). The fourth-order valence-corrected chi connectivity index (χ4v) is 3.72. The van der Waals surface area contributed by atoms with Crippen molar-refractivity contribution in [2.45, 2.75) is 0 Å². The zero-order chi connectivity index (χ0) is 21.6. The van der Waals surface area contributed by atoms with Crippen molar-refractivity contribution in [3.05, 3.63) is 90.2 Å². The van der Waals surface area contributed by atoms with Gasteiger partial charge in [-0.3, -0.25) is 9.59 Å². The maximum atomic E-state index is 14.0. The van der Waals surface area contributed by atoms with E-state index < -0.39 is 0 Å². The second kappa shape index (κ2) is 9.43. The van der Waals surface area contributed by atoms with Crippen LogP contribution < -0.4 is 10.2 Å². The van der Waals surface area contributed by atoms with Crippen LogP contribution in [0.25, 0.3) is 11.1 Å². The Labute approximate surface area is 181 Å². The largest absolute Gasteiger partial charge is 0.366 e. The van der Waals surface area contributed by atoms with Gasteiger partial charge in [-0.2, -0.15) is 0 Å². The number of anilines is 1. The predicted molar refractivity (Wildman–Crippen MR) is 119 cm³/mol. The summed E-state index contributed by atoms with van der Waals surface area (Å²) < 4.78 is 14.0. The Bertz CT molecular complexity index is 1050. The molecule has 6 heteroatoms. The summed E-state index contributed by atoms with van der Waals surface area (Å²) in [6.45, 7) is 2.05. The minimum atomic E-state index is -0.280. The number of para-hydroxylation sites is 1. The molecule has 1 heterocycles. The molecule has 5 nitrogen and oxygen atoms in total. The molecule has 1 aliphatic heterocycles. The summed E-state index contributed by atoms with van der Waals surface area (Å²) in [4.78, 5) is 28.6. The number of hydrogen-bond donors (Lipinski definition) is 1. The van der Waals surface area contributed by atoms with Crippen LogP contribution in [0.5, 0.6) is 0 Å². The van der Waals surface area contributed by atoms with Gasteiger partial charge < -0.3 is 15.1 Å². The molecular formula is C25H24FN3O2. The molecule has 1 N–H and O–H groups in total. The second-order valence-corrected chi connectivity index (χ2v) is 7.45. The first-order valence-electron chi connectivity index (χ1n) is 10.3. The van der Waals surface area contributed by atoms with Gasteiger partial charge >= 0.3 is 0 Å². The fraction of sp³-hybridized carbons (Fsp3) is 0.200. The molecule has 0 bridgehead atoms. The first-order valence-corrected chi connectivity index (χ1v) is 10.3. The van der Waals surface area contributed by atoms with Crippen molar-refractivity contribution in [3.63, 3.8) is 0 Å². The maximum Gasteiger partial charge on any atom is 0.251 e. The maximum absolute atomic E-state index is 14.0. The van der Waals surface area contributed by atoms with E-state index in [1.807, 2.05) is 47.4 Å². The van der Waals surface area contributed by atoms with Gasteiger partial charge in [0.05, 0.1) is 12.2 Å². The zero-order valence-corrected chi connectivity index (χ0v) is 17.1. The highest BCUT2D eigenvalue weighted by Gasteiger charge is 2.23. The number of carbonyl (C=O) groups excluding carboxylic acids is 2. The molecule has 0 atom stereocenters. The number of amides is 2. The first-order chi connectivity index (χ1) is 15.1. The van der Waals surface area contributed by atoms with Gasteiger partial charge in [-0.1, -0.05) is 54.6 Å². The van der Waals surface area contributed by atoms with E-state index in [1.54, 1.807) is 35.2 Å². The molecule has 0 aromatic heterocycles. The third-order valence-corrected chi connectivity index (χ3v) is 5.48. The average molecular weight is 417 g/mol. The SMILES string of the molecule is O=C(NCC(=O)N1CCN(c2ccccc2F)CC1)c1ccc(-c2ccccc2)cc1. The van der Waals surface area contributed by atoms with E-state index in [-0.39, 0.29) is 24.2 Å².